The van der Waals surface area contributed by atoms with Crippen molar-refractivity contribution in [2.75, 3.05) is 0 Å². The van der Waals surface area contributed by atoms with Crippen molar-refractivity contribution >= 4 is 43.9 Å². The van der Waals surface area contributed by atoms with Gasteiger partial charge >= 0.3 is 95.3 Å². The average Bonchev–Trinajstić information content (AvgIpc) is 0.811. The summed E-state index contributed by atoms with van der Waals surface area (Å²) in [4.78, 5) is 8.56. The molecule has 0 aromatic carbocycles. The van der Waals surface area contributed by atoms with Gasteiger partial charge in [0.2, 0.25) is 0 Å². The maximum Gasteiger partial charge on any atom is 2.00 e. The fourth-order valence-electron chi connectivity index (χ4n) is 0. The molecule has 0 aliphatic rings. The maximum atomic E-state index is 8.56. The van der Waals surface area contributed by atoms with E-state index in [0.717, 1.165) is 0 Å². The normalized spacial score (nSPS) is 3.00. The molecule has 0 unspecified atom stereocenters. The minimum absolute atomic E-state index is 0. The first-order valence-corrected chi connectivity index (χ1v) is 0.651. The number of rotatable bonds is 0. The summed E-state index contributed by atoms with van der Waals surface area (Å²) >= 11 is 0. The van der Waals surface area contributed by atoms with Crippen molar-refractivity contribution in [2.45, 2.75) is 0 Å². The van der Waals surface area contributed by atoms with Crippen LogP contribution in [0.4, 0.5) is 4.79 Å². The number of hydrogen-bond donors (Lipinski definition) is 2. The van der Waals surface area contributed by atoms with E-state index in [1.807, 2.05) is 0 Å². The van der Waals surface area contributed by atoms with E-state index < -0.39 is 6.16 Å². The zero-order valence-electron chi connectivity index (χ0n) is 5.27. The molecule has 0 aromatic rings. The zero-order valence-corrected chi connectivity index (χ0v) is 11.1. The second kappa shape index (κ2) is 22.6. The Morgan fingerprint density at radius 3 is 1.25 bits per heavy atom. The summed E-state index contributed by atoms with van der Waals surface area (Å²) in [5.74, 6) is 0. The van der Waals surface area contributed by atoms with E-state index >= 15 is 0 Å². The van der Waals surface area contributed by atoms with Crippen molar-refractivity contribution in [3.8, 4) is 0 Å². The van der Waals surface area contributed by atoms with Crippen LogP contribution in [-0.4, -0.2) is 54.1 Å². The van der Waals surface area contributed by atoms with Crippen LogP contribution < -0.4 is 76.2 Å². The predicted octanol–water partition coefficient (Wildman–Crippen LogP) is -9.03. The van der Waals surface area contributed by atoms with Crippen molar-refractivity contribution in [1.82, 2.24) is 0 Å². The van der Waals surface area contributed by atoms with Crippen LogP contribution in [-0.2, 0) is 0 Å². The Morgan fingerprint density at radius 2 is 1.25 bits per heavy atom. The molecule has 0 aliphatic heterocycles. The van der Waals surface area contributed by atoms with Crippen LogP contribution in [0.25, 0.3) is 0 Å². The van der Waals surface area contributed by atoms with Crippen LogP contribution in [0, 0.1) is 0 Å². The topological polar surface area (TPSA) is 57.5 Å². The van der Waals surface area contributed by atoms with Crippen molar-refractivity contribution in [3.05, 3.63) is 0 Å². The quantitative estimate of drug-likeness (QED) is 0.393. The van der Waals surface area contributed by atoms with Crippen LogP contribution in [0.15, 0.2) is 0 Å². The summed E-state index contributed by atoms with van der Waals surface area (Å²) in [6, 6.07) is 0. The first kappa shape index (κ1) is 30.9. The molecule has 0 rings (SSSR count). The predicted molar refractivity (Wildman–Crippen MR) is 17.5 cm³/mol. The van der Waals surface area contributed by atoms with Crippen LogP contribution in [0.3, 0.4) is 0 Å². The molecule has 0 atom stereocenters. The molecule has 0 heterocycles. The number of hydrogen-bond acceptors (Lipinski definition) is 1. The fourth-order valence-corrected chi connectivity index (χ4v) is 0. The molecule has 42 valence electrons. The van der Waals surface area contributed by atoms with E-state index in [-0.39, 0.29) is 115 Å². The van der Waals surface area contributed by atoms with Gasteiger partial charge < -0.3 is 36.5 Å². The fraction of sp³-hybridized carbons (Fsp3) is 0. The van der Waals surface area contributed by atoms with Gasteiger partial charge in [-0.05, 0) is 0 Å². The Kier molecular flexibility index (Phi) is 87.3. The molecule has 0 saturated carbocycles. The van der Waals surface area contributed by atoms with Gasteiger partial charge in [-0.2, -0.15) is 0 Å². The largest absolute Gasteiger partial charge is 2.00 e. The van der Waals surface area contributed by atoms with Gasteiger partial charge in [-0.1, -0.05) is 0 Å². The molecule has 0 spiro atoms. The first-order chi connectivity index (χ1) is 1.73. The van der Waals surface area contributed by atoms with Gasteiger partial charge in [0.05, 0.1) is 0 Å². The summed E-state index contributed by atoms with van der Waals surface area (Å²) < 4.78 is 0. The molecule has 0 aliphatic carbocycles. The second-order valence-corrected chi connectivity index (χ2v) is 0.283. The summed E-state index contributed by atoms with van der Waals surface area (Å²) in [6.45, 7) is 0. The smallest absolute Gasteiger partial charge is 1.00 e. The SMILES string of the molecule is O=C(O)O.[Ca+2].[Cl-].[Cl-].[H-].[K+]. The van der Waals surface area contributed by atoms with Crippen molar-refractivity contribution in [1.29, 1.82) is 0 Å². The molecular formula is CH3CaCl2KO3. The van der Waals surface area contributed by atoms with Crippen LogP contribution >= 0.6 is 0 Å². The van der Waals surface area contributed by atoms with Crippen molar-refractivity contribution < 1.29 is 92.6 Å². The number of carbonyl (C=O) groups is 1. The Balaban J connectivity index is -0.00000000450. The van der Waals surface area contributed by atoms with Crippen LogP contribution in [0.1, 0.15) is 1.43 Å². The Labute approximate surface area is 133 Å². The molecule has 0 bridgehead atoms. The first-order valence-electron chi connectivity index (χ1n) is 0.651. The van der Waals surface area contributed by atoms with E-state index in [0.29, 0.717) is 0 Å². The van der Waals surface area contributed by atoms with Gasteiger partial charge in [-0.3, -0.25) is 0 Å². The Hall–Kier alpha value is 2.75. The standard InChI is InChI=1S/CH2O3.Ca.2ClH.K.H/c2-1(3)4;;;;;/h(H2,2,3,4);;2*1H;;/q;+2;;;+1;-1/p-2. The molecule has 7 heteroatoms. The number of carboxylic acid groups (broad SMARTS) is 2. The third-order valence-electron chi connectivity index (χ3n) is 0. The molecule has 0 aromatic heterocycles. The molecule has 0 radical (unpaired) electrons. The van der Waals surface area contributed by atoms with E-state index in [9.17, 15) is 0 Å². The summed E-state index contributed by atoms with van der Waals surface area (Å²) in [7, 11) is 0. The van der Waals surface area contributed by atoms with Crippen LogP contribution in [0.5, 0.6) is 0 Å². The van der Waals surface area contributed by atoms with Crippen LogP contribution in [0.2, 0.25) is 0 Å². The molecule has 2 N–H and O–H groups in total. The van der Waals surface area contributed by atoms with E-state index in [4.69, 9.17) is 15.0 Å². The second-order valence-electron chi connectivity index (χ2n) is 0.283. The van der Waals surface area contributed by atoms with Gasteiger partial charge in [0.25, 0.3) is 0 Å². The van der Waals surface area contributed by atoms with Crippen molar-refractivity contribution in [2.24, 2.45) is 0 Å². The summed E-state index contributed by atoms with van der Waals surface area (Å²) in [5, 5.41) is 13.9. The summed E-state index contributed by atoms with van der Waals surface area (Å²) in [5.41, 5.74) is 0. The molecular weight excluding hydrogens is 210 g/mol. The number of halogens is 2. The van der Waals surface area contributed by atoms with Gasteiger partial charge in [-0.15, -0.1) is 0 Å². The molecule has 8 heavy (non-hydrogen) atoms. The monoisotopic (exact) mass is 212 g/mol. The minimum atomic E-state index is -1.83. The Morgan fingerprint density at radius 1 is 1.25 bits per heavy atom. The third-order valence-corrected chi connectivity index (χ3v) is 0. The van der Waals surface area contributed by atoms with Gasteiger partial charge in [0, 0.05) is 0 Å². The average molecular weight is 213 g/mol. The van der Waals surface area contributed by atoms with Crippen molar-refractivity contribution in [3.63, 3.8) is 0 Å². The van der Waals surface area contributed by atoms with E-state index in [2.05, 4.69) is 0 Å². The van der Waals surface area contributed by atoms with Gasteiger partial charge in [-0.25, -0.2) is 4.79 Å². The third kappa shape index (κ3) is 69.6. The summed E-state index contributed by atoms with van der Waals surface area (Å²) in [6.07, 6.45) is -1.83. The Bertz CT molecular complexity index is 44.8. The maximum absolute atomic E-state index is 8.56. The molecule has 0 fully saturated rings. The zero-order chi connectivity index (χ0) is 3.58. The molecule has 0 amide bonds. The molecule has 0 saturated heterocycles. The van der Waals surface area contributed by atoms with E-state index in [1.54, 1.807) is 0 Å². The van der Waals surface area contributed by atoms with E-state index in [1.165, 1.54) is 0 Å². The van der Waals surface area contributed by atoms with Gasteiger partial charge in [0.1, 0.15) is 0 Å². The minimum Gasteiger partial charge on any atom is -1.00 e. The van der Waals surface area contributed by atoms with Gasteiger partial charge in [0.15, 0.2) is 0 Å². The molecule has 3 nitrogen and oxygen atoms in total.